The number of ether oxygens (including phenoxy) is 1. The highest BCUT2D eigenvalue weighted by Crippen LogP contribution is 2.31. The maximum atomic E-state index is 5.90. The molecule has 4 rings (SSSR count). The fourth-order valence-electron chi connectivity index (χ4n) is 3.86. The lowest BCUT2D eigenvalue weighted by Gasteiger charge is -2.13. The van der Waals surface area contributed by atoms with Gasteiger partial charge in [0.1, 0.15) is 5.75 Å². The number of hydrogen-bond acceptors (Lipinski definition) is 1. The van der Waals surface area contributed by atoms with Crippen LogP contribution in [0, 0.1) is 19.8 Å². The second kappa shape index (κ2) is 9.87. The summed E-state index contributed by atoms with van der Waals surface area (Å²) in [6.45, 7) is 9.49. The molecule has 0 bridgehead atoms. The van der Waals surface area contributed by atoms with Crippen LogP contribution in [-0.2, 0) is 0 Å². The van der Waals surface area contributed by atoms with Crippen molar-refractivity contribution in [2.45, 2.75) is 34.1 Å². The normalized spacial score (nSPS) is 11.9. The fraction of sp³-hybridized carbons (Fsp3) is 0.226. The van der Waals surface area contributed by atoms with Crippen LogP contribution < -0.4 is 4.74 Å². The van der Waals surface area contributed by atoms with Crippen LogP contribution in [0.15, 0.2) is 91.0 Å². The van der Waals surface area contributed by atoms with Gasteiger partial charge in [-0.05, 0) is 70.8 Å². The van der Waals surface area contributed by atoms with Crippen molar-refractivity contribution < 1.29 is 4.74 Å². The van der Waals surface area contributed by atoms with E-state index in [0.717, 1.165) is 18.8 Å². The predicted molar refractivity (Wildman–Crippen MR) is 137 cm³/mol. The van der Waals surface area contributed by atoms with Gasteiger partial charge < -0.3 is 4.74 Å². The first-order chi connectivity index (χ1) is 15.5. The molecule has 162 valence electrons. The third-order valence-corrected chi connectivity index (χ3v) is 6.23. The van der Waals surface area contributed by atoms with Crippen molar-refractivity contribution >= 4 is 0 Å². The van der Waals surface area contributed by atoms with Gasteiger partial charge in [0.05, 0.1) is 6.61 Å². The Hall–Kier alpha value is -3.32. The van der Waals surface area contributed by atoms with Gasteiger partial charge >= 0.3 is 0 Å². The van der Waals surface area contributed by atoms with Gasteiger partial charge in [0, 0.05) is 0 Å². The average molecular weight is 421 g/mol. The summed E-state index contributed by atoms with van der Waals surface area (Å²) in [6.07, 6.45) is 1.14. The largest absolute Gasteiger partial charge is 0.493 e. The molecule has 0 amide bonds. The van der Waals surface area contributed by atoms with Crippen LogP contribution in [0.2, 0.25) is 0 Å². The molecule has 0 aliphatic carbocycles. The summed E-state index contributed by atoms with van der Waals surface area (Å²) in [5.74, 6) is 1.52. The highest BCUT2D eigenvalue weighted by molar-refractivity contribution is 5.75. The van der Waals surface area contributed by atoms with Crippen molar-refractivity contribution in [3.63, 3.8) is 0 Å². The summed E-state index contributed by atoms with van der Waals surface area (Å²) in [7, 11) is 0. The van der Waals surface area contributed by atoms with Crippen molar-refractivity contribution in [1.82, 2.24) is 0 Å². The van der Waals surface area contributed by atoms with E-state index >= 15 is 0 Å². The van der Waals surface area contributed by atoms with E-state index in [-0.39, 0.29) is 0 Å². The Balaban J connectivity index is 1.50. The van der Waals surface area contributed by atoms with Crippen LogP contribution in [0.5, 0.6) is 5.75 Å². The van der Waals surface area contributed by atoms with Crippen molar-refractivity contribution in [3.8, 4) is 39.1 Å². The van der Waals surface area contributed by atoms with E-state index < -0.39 is 0 Å². The third kappa shape index (κ3) is 5.11. The van der Waals surface area contributed by atoms with Crippen molar-refractivity contribution in [2.75, 3.05) is 6.61 Å². The van der Waals surface area contributed by atoms with E-state index in [2.05, 4.69) is 119 Å². The Morgan fingerprint density at radius 2 is 1.12 bits per heavy atom. The number of rotatable bonds is 7. The molecule has 0 fully saturated rings. The number of hydrogen-bond donors (Lipinski definition) is 0. The summed E-state index contributed by atoms with van der Waals surface area (Å²) < 4.78 is 5.90. The van der Waals surface area contributed by atoms with Crippen LogP contribution in [0.4, 0.5) is 0 Å². The Morgan fingerprint density at radius 1 is 0.625 bits per heavy atom. The Morgan fingerprint density at radius 3 is 1.69 bits per heavy atom. The SMILES string of the molecule is CC[C@H](C)COc1ccc(-c2ccc(-c3ccc(-c4ccc(C)cc4)cc3)cc2C)cc1. The van der Waals surface area contributed by atoms with E-state index in [0.29, 0.717) is 5.92 Å². The fourth-order valence-corrected chi connectivity index (χ4v) is 3.86. The van der Waals surface area contributed by atoms with Crippen LogP contribution in [0.25, 0.3) is 33.4 Å². The average Bonchev–Trinajstić information content (AvgIpc) is 2.83. The molecule has 0 heterocycles. The Labute approximate surface area is 192 Å². The highest BCUT2D eigenvalue weighted by Gasteiger charge is 2.07. The molecular weight excluding hydrogens is 388 g/mol. The zero-order chi connectivity index (χ0) is 22.5. The Bertz CT molecular complexity index is 1150. The smallest absolute Gasteiger partial charge is 0.119 e. The first-order valence-corrected chi connectivity index (χ1v) is 11.5. The lowest BCUT2D eigenvalue weighted by Crippen LogP contribution is -2.06. The molecule has 0 saturated heterocycles. The van der Waals surface area contributed by atoms with Gasteiger partial charge in [-0.15, -0.1) is 0 Å². The molecule has 0 spiro atoms. The summed E-state index contributed by atoms with van der Waals surface area (Å²) in [5, 5.41) is 0. The van der Waals surface area contributed by atoms with Gasteiger partial charge in [-0.1, -0.05) is 105 Å². The van der Waals surface area contributed by atoms with E-state index in [1.54, 1.807) is 0 Å². The molecule has 4 aromatic rings. The molecular formula is C31H32O. The van der Waals surface area contributed by atoms with E-state index in [4.69, 9.17) is 4.74 Å². The number of benzene rings is 4. The summed E-state index contributed by atoms with van der Waals surface area (Å²) in [6, 6.07) is 32.7. The van der Waals surface area contributed by atoms with Crippen LogP contribution >= 0.6 is 0 Å². The van der Waals surface area contributed by atoms with Crippen molar-refractivity contribution in [2.24, 2.45) is 5.92 Å². The van der Waals surface area contributed by atoms with Crippen LogP contribution in [0.3, 0.4) is 0 Å². The van der Waals surface area contributed by atoms with E-state index in [1.807, 2.05) is 0 Å². The molecule has 0 N–H and O–H groups in total. The first kappa shape index (κ1) is 21.9. The molecule has 32 heavy (non-hydrogen) atoms. The molecule has 1 atom stereocenters. The standard InChI is InChI=1S/C31H32O/c1-5-22(2)21-32-30-17-14-28(15-18-30)31-19-16-29(20-24(31)4)27-12-10-26(11-13-27)25-8-6-23(3)7-9-25/h6-20,22H,5,21H2,1-4H3/t22-/m0/s1. The molecule has 0 aromatic heterocycles. The molecule has 1 heteroatoms. The maximum absolute atomic E-state index is 5.90. The molecule has 0 unspecified atom stereocenters. The summed E-state index contributed by atoms with van der Waals surface area (Å²) in [4.78, 5) is 0. The lowest BCUT2D eigenvalue weighted by atomic mass is 9.94. The second-order valence-corrected chi connectivity index (χ2v) is 8.82. The quantitative estimate of drug-likeness (QED) is 0.290. The zero-order valence-electron chi connectivity index (χ0n) is 19.6. The van der Waals surface area contributed by atoms with Gasteiger partial charge in [0.2, 0.25) is 0 Å². The zero-order valence-corrected chi connectivity index (χ0v) is 19.6. The second-order valence-electron chi connectivity index (χ2n) is 8.82. The third-order valence-electron chi connectivity index (χ3n) is 6.23. The molecule has 0 aliphatic rings. The predicted octanol–water partition coefficient (Wildman–Crippen LogP) is 8.73. The molecule has 0 saturated carbocycles. The molecule has 0 aliphatic heterocycles. The highest BCUT2D eigenvalue weighted by atomic mass is 16.5. The van der Waals surface area contributed by atoms with Crippen LogP contribution in [-0.4, -0.2) is 6.61 Å². The van der Waals surface area contributed by atoms with Crippen LogP contribution in [0.1, 0.15) is 31.4 Å². The maximum Gasteiger partial charge on any atom is 0.119 e. The summed E-state index contributed by atoms with van der Waals surface area (Å²) >= 11 is 0. The first-order valence-electron chi connectivity index (χ1n) is 11.5. The topological polar surface area (TPSA) is 9.23 Å². The lowest BCUT2D eigenvalue weighted by molar-refractivity contribution is 0.256. The van der Waals surface area contributed by atoms with Gasteiger partial charge in [0.25, 0.3) is 0 Å². The minimum absolute atomic E-state index is 0.579. The molecule has 0 radical (unpaired) electrons. The van der Waals surface area contributed by atoms with Gasteiger partial charge in [-0.3, -0.25) is 0 Å². The summed E-state index contributed by atoms with van der Waals surface area (Å²) in [5.41, 5.74) is 10.0. The monoisotopic (exact) mass is 420 g/mol. The van der Waals surface area contributed by atoms with Gasteiger partial charge in [-0.2, -0.15) is 0 Å². The van der Waals surface area contributed by atoms with Gasteiger partial charge in [0.15, 0.2) is 0 Å². The van der Waals surface area contributed by atoms with Gasteiger partial charge in [-0.25, -0.2) is 0 Å². The molecule has 4 aromatic carbocycles. The van der Waals surface area contributed by atoms with Crippen molar-refractivity contribution in [3.05, 3.63) is 102 Å². The minimum Gasteiger partial charge on any atom is -0.493 e. The molecule has 1 nitrogen and oxygen atoms in total. The number of aryl methyl sites for hydroxylation is 2. The van der Waals surface area contributed by atoms with E-state index in [9.17, 15) is 0 Å². The minimum atomic E-state index is 0.579. The van der Waals surface area contributed by atoms with E-state index in [1.165, 1.54) is 44.5 Å². The van der Waals surface area contributed by atoms with Crippen molar-refractivity contribution in [1.29, 1.82) is 0 Å². The Kier molecular flexibility index (Phi) is 6.75.